The second-order valence-corrected chi connectivity index (χ2v) is 6.36. The van der Waals surface area contributed by atoms with Gasteiger partial charge < -0.3 is 9.80 Å². The Kier molecular flexibility index (Phi) is 3.72. The fourth-order valence-corrected chi connectivity index (χ4v) is 3.30. The normalized spacial score (nSPS) is 16.0. The molecule has 1 saturated heterocycles. The third-order valence-electron chi connectivity index (χ3n) is 4.73. The smallest absolute Gasteiger partial charge is 0.130 e. The summed E-state index contributed by atoms with van der Waals surface area (Å²) in [5.74, 6) is 1.11. The molecule has 0 bridgehead atoms. The Morgan fingerprint density at radius 2 is 1.61 bits per heavy atom. The Morgan fingerprint density at radius 1 is 0.913 bits per heavy atom. The van der Waals surface area contributed by atoms with Crippen LogP contribution in [0.1, 0.15) is 0 Å². The molecule has 3 aromatic rings. The molecular weight excluding hydrogens is 282 g/mol. The van der Waals surface area contributed by atoms with E-state index in [1.54, 1.807) is 4.90 Å². The van der Waals surface area contributed by atoms with Gasteiger partial charge >= 0.3 is 0 Å². The predicted octanol–water partition coefficient (Wildman–Crippen LogP) is 2.24. The molecule has 1 aromatic heterocycles. The van der Waals surface area contributed by atoms with Crippen LogP contribution in [0.15, 0.2) is 60.7 Å². The van der Waals surface area contributed by atoms with Crippen LogP contribution in [0.3, 0.4) is 0 Å². The van der Waals surface area contributed by atoms with Crippen LogP contribution in [0.4, 0.5) is 5.82 Å². The van der Waals surface area contributed by atoms with E-state index in [0.29, 0.717) is 0 Å². The number of hydrogen-bond acceptors (Lipinski definition) is 2. The molecule has 116 valence electrons. The molecule has 2 aromatic carbocycles. The van der Waals surface area contributed by atoms with E-state index >= 15 is 0 Å². The summed E-state index contributed by atoms with van der Waals surface area (Å²) < 4.78 is 0. The molecule has 0 spiro atoms. The standard InChI is InChI=1S/C20H21N3/c1-22-11-13-23(14-12-22)20-15-18(16-7-3-2-4-8-16)17-9-5-6-10-19(17)21-20/h2-10,15H,11-14H2,1H3/p+1. The lowest BCUT2D eigenvalue weighted by molar-refractivity contribution is -0.880. The Morgan fingerprint density at radius 3 is 2.39 bits per heavy atom. The number of nitrogens with one attached hydrogen (secondary N) is 1. The van der Waals surface area contributed by atoms with Crippen molar-refractivity contribution in [3.8, 4) is 11.1 Å². The van der Waals surface area contributed by atoms with Crippen LogP contribution in [-0.2, 0) is 0 Å². The number of benzene rings is 2. The van der Waals surface area contributed by atoms with E-state index in [4.69, 9.17) is 4.98 Å². The molecule has 1 fully saturated rings. The number of anilines is 1. The largest absolute Gasteiger partial charge is 0.345 e. The van der Waals surface area contributed by atoms with Gasteiger partial charge in [0, 0.05) is 5.39 Å². The number of aromatic nitrogens is 1. The van der Waals surface area contributed by atoms with Crippen LogP contribution in [0, 0.1) is 0 Å². The molecule has 3 nitrogen and oxygen atoms in total. The minimum absolute atomic E-state index is 1.07. The number of hydrogen-bond donors (Lipinski definition) is 1. The molecule has 1 aliphatic heterocycles. The Balaban J connectivity index is 1.84. The quantitative estimate of drug-likeness (QED) is 0.784. The van der Waals surface area contributed by atoms with Gasteiger partial charge in [-0.3, -0.25) is 0 Å². The van der Waals surface area contributed by atoms with Crippen LogP contribution in [-0.4, -0.2) is 38.2 Å². The molecule has 1 aliphatic rings. The van der Waals surface area contributed by atoms with E-state index in [0.717, 1.165) is 24.4 Å². The summed E-state index contributed by atoms with van der Waals surface area (Å²) in [5, 5.41) is 1.22. The maximum Gasteiger partial charge on any atom is 0.130 e. The maximum atomic E-state index is 4.93. The van der Waals surface area contributed by atoms with E-state index < -0.39 is 0 Å². The van der Waals surface area contributed by atoms with Gasteiger partial charge in [-0.1, -0.05) is 48.5 Å². The number of rotatable bonds is 2. The monoisotopic (exact) mass is 304 g/mol. The molecule has 0 amide bonds. The van der Waals surface area contributed by atoms with Crippen molar-refractivity contribution in [2.75, 3.05) is 38.1 Å². The molecule has 0 aliphatic carbocycles. The first-order chi connectivity index (χ1) is 11.3. The lowest BCUT2D eigenvalue weighted by Gasteiger charge is -2.31. The van der Waals surface area contributed by atoms with Crippen molar-refractivity contribution in [1.82, 2.24) is 4.98 Å². The minimum atomic E-state index is 1.07. The average Bonchev–Trinajstić information content (AvgIpc) is 2.62. The highest BCUT2D eigenvalue weighted by molar-refractivity contribution is 5.96. The highest BCUT2D eigenvalue weighted by atomic mass is 15.3. The summed E-state index contributed by atoms with van der Waals surface area (Å²) in [4.78, 5) is 8.95. The molecule has 0 atom stereocenters. The van der Waals surface area contributed by atoms with E-state index in [9.17, 15) is 0 Å². The van der Waals surface area contributed by atoms with Gasteiger partial charge in [-0.2, -0.15) is 0 Å². The molecule has 2 heterocycles. The average molecular weight is 304 g/mol. The molecular formula is C20H22N3+. The Labute approximate surface area is 137 Å². The highest BCUT2D eigenvalue weighted by Gasteiger charge is 2.19. The van der Waals surface area contributed by atoms with Crippen molar-refractivity contribution in [1.29, 1.82) is 0 Å². The second kappa shape index (κ2) is 6.01. The van der Waals surface area contributed by atoms with Gasteiger partial charge in [-0.15, -0.1) is 0 Å². The van der Waals surface area contributed by atoms with Crippen LogP contribution in [0.2, 0.25) is 0 Å². The summed E-state index contributed by atoms with van der Waals surface area (Å²) in [6, 6.07) is 21.3. The number of fused-ring (bicyclic) bond motifs is 1. The zero-order chi connectivity index (χ0) is 15.6. The Bertz CT molecular complexity index is 805. The number of pyridine rings is 1. The van der Waals surface area contributed by atoms with E-state index in [1.807, 2.05) is 0 Å². The van der Waals surface area contributed by atoms with Gasteiger partial charge in [0.05, 0.1) is 38.7 Å². The lowest BCUT2D eigenvalue weighted by atomic mass is 10.0. The van der Waals surface area contributed by atoms with Gasteiger partial charge in [0.1, 0.15) is 5.82 Å². The summed E-state index contributed by atoms with van der Waals surface area (Å²) >= 11 is 0. The molecule has 0 saturated carbocycles. The summed E-state index contributed by atoms with van der Waals surface area (Å²) in [5.41, 5.74) is 3.61. The van der Waals surface area contributed by atoms with Crippen molar-refractivity contribution in [3.05, 3.63) is 60.7 Å². The minimum Gasteiger partial charge on any atom is -0.345 e. The first kappa shape index (κ1) is 14.2. The number of para-hydroxylation sites is 1. The summed E-state index contributed by atoms with van der Waals surface area (Å²) in [6.07, 6.45) is 0. The molecule has 1 N–H and O–H groups in total. The Hall–Kier alpha value is -2.39. The lowest BCUT2D eigenvalue weighted by Crippen LogP contribution is -3.12. The van der Waals surface area contributed by atoms with Crippen molar-refractivity contribution in [2.45, 2.75) is 0 Å². The zero-order valence-corrected chi connectivity index (χ0v) is 13.5. The van der Waals surface area contributed by atoms with Crippen molar-refractivity contribution in [2.24, 2.45) is 0 Å². The number of quaternary nitrogens is 1. The van der Waals surface area contributed by atoms with Crippen LogP contribution < -0.4 is 9.80 Å². The van der Waals surface area contributed by atoms with Crippen molar-refractivity contribution in [3.63, 3.8) is 0 Å². The van der Waals surface area contributed by atoms with E-state index in [-0.39, 0.29) is 0 Å². The number of likely N-dealkylation sites (N-methyl/N-ethyl adjacent to an activating group) is 1. The topological polar surface area (TPSA) is 20.6 Å². The van der Waals surface area contributed by atoms with Gasteiger partial charge in [-0.05, 0) is 23.3 Å². The van der Waals surface area contributed by atoms with Gasteiger partial charge in [0.15, 0.2) is 0 Å². The van der Waals surface area contributed by atoms with Gasteiger partial charge in [0.25, 0.3) is 0 Å². The van der Waals surface area contributed by atoms with Crippen LogP contribution >= 0.6 is 0 Å². The fourth-order valence-electron chi connectivity index (χ4n) is 3.30. The first-order valence-corrected chi connectivity index (χ1v) is 8.33. The molecule has 0 radical (unpaired) electrons. The fraction of sp³-hybridized carbons (Fsp3) is 0.250. The van der Waals surface area contributed by atoms with E-state index in [2.05, 4.69) is 72.6 Å². The number of nitrogens with zero attached hydrogens (tertiary/aromatic N) is 2. The van der Waals surface area contributed by atoms with E-state index in [1.165, 1.54) is 29.6 Å². The SMILES string of the molecule is C[NH+]1CCN(c2cc(-c3ccccc3)c3ccccc3n2)CC1. The zero-order valence-electron chi connectivity index (χ0n) is 13.5. The molecule has 4 rings (SSSR count). The molecule has 0 unspecified atom stereocenters. The van der Waals surface area contributed by atoms with Crippen molar-refractivity contribution < 1.29 is 4.90 Å². The maximum absolute atomic E-state index is 4.93. The van der Waals surface area contributed by atoms with Crippen LogP contribution in [0.25, 0.3) is 22.0 Å². The molecule has 3 heteroatoms. The third kappa shape index (κ3) is 2.80. The van der Waals surface area contributed by atoms with Gasteiger partial charge in [0.2, 0.25) is 0 Å². The number of piperazine rings is 1. The molecule has 23 heavy (non-hydrogen) atoms. The summed E-state index contributed by atoms with van der Waals surface area (Å²) in [6.45, 7) is 4.50. The summed E-state index contributed by atoms with van der Waals surface area (Å²) in [7, 11) is 2.26. The second-order valence-electron chi connectivity index (χ2n) is 6.36. The predicted molar refractivity (Wildman–Crippen MR) is 96.0 cm³/mol. The first-order valence-electron chi connectivity index (χ1n) is 8.33. The van der Waals surface area contributed by atoms with Crippen LogP contribution in [0.5, 0.6) is 0 Å². The van der Waals surface area contributed by atoms with Crippen molar-refractivity contribution >= 4 is 16.7 Å². The highest BCUT2D eigenvalue weighted by Crippen LogP contribution is 2.31. The van der Waals surface area contributed by atoms with Gasteiger partial charge in [-0.25, -0.2) is 4.98 Å². The third-order valence-corrected chi connectivity index (χ3v) is 4.73.